The Balaban J connectivity index is 1.67. The molecule has 0 radical (unpaired) electrons. The average Bonchev–Trinajstić information content (AvgIpc) is 2.72. The summed E-state index contributed by atoms with van der Waals surface area (Å²) >= 11 is 6.11. The highest BCUT2D eigenvalue weighted by atomic mass is 35.5. The normalized spacial score (nSPS) is 14.8. The number of pyridine rings is 2. The van der Waals surface area contributed by atoms with Crippen LogP contribution in [0.3, 0.4) is 0 Å². The van der Waals surface area contributed by atoms with E-state index in [4.69, 9.17) is 16.3 Å². The van der Waals surface area contributed by atoms with Crippen LogP contribution in [0.25, 0.3) is 11.0 Å². The van der Waals surface area contributed by atoms with Crippen molar-refractivity contribution >= 4 is 28.3 Å². The standard InChI is InChI=1S/C21H19ClN4O2/c1-25-17-7-8-18(22)24-19(17)20(16(13-23)21(25)27)26-11-9-15(10-12-26)28-14-5-3-2-4-6-14/h2-8,15H,9-12H2,1H3. The summed E-state index contributed by atoms with van der Waals surface area (Å²) in [6, 6.07) is 15.2. The van der Waals surface area contributed by atoms with Gasteiger partial charge in [-0.1, -0.05) is 29.8 Å². The molecule has 0 amide bonds. The summed E-state index contributed by atoms with van der Waals surface area (Å²) in [5.41, 5.74) is 1.59. The molecule has 4 rings (SSSR count). The molecule has 3 aromatic rings. The molecule has 1 fully saturated rings. The number of ether oxygens (including phenoxy) is 1. The number of hydrogen-bond acceptors (Lipinski definition) is 5. The van der Waals surface area contributed by atoms with E-state index in [-0.39, 0.29) is 17.2 Å². The lowest BCUT2D eigenvalue weighted by Gasteiger charge is -2.34. The minimum Gasteiger partial charge on any atom is -0.490 e. The van der Waals surface area contributed by atoms with Gasteiger partial charge >= 0.3 is 0 Å². The number of rotatable bonds is 3. The van der Waals surface area contributed by atoms with E-state index in [0.29, 0.717) is 35.0 Å². The van der Waals surface area contributed by atoms with Crippen LogP contribution in [0.1, 0.15) is 18.4 Å². The molecular weight excluding hydrogens is 376 g/mol. The summed E-state index contributed by atoms with van der Waals surface area (Å²) < 4.78 is 7.50. The Morgan fingerprint density at radius 3 is 2.57 bits per heavy atom. The van der Waals surface area contributed by atoms with Gasteiger partial charge in [-0.05, 0) is 24.3 Å². The van der Waals surface area contributed by atoms with Gasteiger partial charge in [0.25, 0.3) is 5.56 Å². The van der Waals surface area contributed by atoms with Gasteiger partial charge in [0.15, 0.2) is 0 Å². The SMILES string of the molecule is Cn1c(=O)c(C#N)c(N2CCC(Oc3ccccc3)CC2)c2nc(Cl)ccc21. The van der Waals surface area contributed by atoms with Crippen LogP contribution in [-0.4, -0.2) is 28.7 Å². The molecule has 0 N–H and O–H groups in total. The van der Waals surface area contributed by atoms with Crippen molar-refractivity contribution in [1.82, 2.24) is 9.55 Å². The molecule has 1 aliphatic rings. The summed E-state index contributed by atoms with van der Waals surface area (Å²) in [6.45, 7) is 1.34. The van der Waals surface area contributed by atoms with Crippen LogP contribution >= 0.6 is 11.6 Å². The van der Waals surface area contributed by atoms with Gasteiger partial charge in [0, 0.05) is 33.0 Å². The first kappa shape index (κ1) is 18.3. The van der Waals surface area contributed by atoms with Gasteiger partial charge in [-0.3, -0.25) is 4.79 Å². The minimum atomic E-state index is -0.322. The number of nitriles is 1. The second-order valence-corrected chi connectivity index (χ2v) is 7.21. The van der Waals surface area contributed by atoms with Crippen LogP contribution in [0.5, 0.6) is 5.75 Å². The molecule has 0 saturated carbocycles. The number of aromatic nitrogens is 2. The average molecular weight is 395 g/mol. The molecule has 142 valence electrons. The van der Waals surface area contributed by atoms with Gasteiger partial charge in [0.1, 0.15) is 34.2 Å². The van der Waals surface area contributed by atoms with Gasteiger partial charge in [0.05, 0.1) is 11.2 Å². The zero-order valence-electron chi connectivity index (χ0n) is 15.4. The fraction of sp³-hybridized carbons (Fsp3) is 0.286. The number of hydrogen-bond donors (Lipinski definition) is 0. The highest BCUT2D eigenvalue weighted by Gasteiger charge is 2.27. The Labute approximate surface area is 167 Å². The quantitative estimate of drug-likeness (QED) is 0.636. The molecule has 0 aliphatic carbocycles. The summed E-state index contributed by atoms with van der Waals surface area (Å²) in [6.07, 6.45) is 1.67. The fourth-order valence-corrected chi connectivity index (χ4v) is 3.81. The molecule has 0 unspecified atom stereocenters. The van der Waals surface area contributed by atoms with Crippen LogP contribution in [0.2, 0.25) is 5.15 Å². The Bertz CT molecular complexity index is 1110. The number of halogens is 1. The first-order valence-corrected chi connectivity index (χ1v) is 9.52. The third-order valence-corrected chi connectivity index (χ3v) is 5.31. The van der Waals surface area contributed by atoms with Crippen LogP contribution in [0.15, 0.2) is 47.3 Å². The molecule has 0 bridgehead atoms. The van der Waals surface area contributed by atoms with Crippen LogP contribution in [0, 0.1) is 11.3 Å². The van der Waals surface area contributed by atoms with Crippen molar-refractivity contribution in [3.8, 4) is 11.8 Å². The number of piperidine rings is 1. The van der Waals surface area contributed by atoms with E-state index in [0.717, 1.165) is 18.6 Å². The van der Waals surface area contributed by atoms with Crippen molar-refractivity contribution in [3.05, 3.63) is 63.5 Å². The zero-order chi connectivity index (χ0) is 19.7. The lowest BCUT2D eigenvalue weighted by Crippen LogP contribution is -2.40. The van der Waals surface area contributed by atoms with E-state index in [1.54, 1.807) is 19.2 Å². The van der Waals surface area contributed by atoms with E-state index in [1.807, 2.05) is 30.3 Å². The summed E-state index contributed by atoms with van der Waals surface area (Å²) in [5.74, 6) is 0.853. The summed E-state index contributed by atoms with van der Waals surface area (Å²) in [5, 5.41) is 9.99. The molecule has 1 aliphatic heterocycles. The number of fused-ring (bicyclic) bond motifs is 1. The van der Waals surface area contributed by atoms with Gasteiger partial charge in [0.2, 0.25) is 0 Å². The Kier molecular flexibility index (Phi) is 4.93. The molecular formula is C21H19ClN4O2. The molecule has 3 heterocycles. The first-order valence-electron chi connectivity index (χ1n) is 9.14. The van der Waals surface area contributed by atoms with Crippen molar-refractivity contribution in [1.29, 1.82) is 5.26 Å². The number of nitrogens with zero attached hydrogens (tertiary/aromatic N) is 4. The Morgan fingerprint density at radius 2 is 1.89 bits per heavy atom. The number of aryl methyl sites for hydroxylation is 1. The van der Waals surface area contributed by atoms with Crippen LogP contribution in [-0.2, 0) is 7.05 Å². The number of anilines is 1. The molecule has 7 heteroatoms. The smallest absolute Gasteiger partial charge is 0.270 e. The predicted molar refractivity (Wildman–Crippen MR) is 109 cm³/mol. The molecule has 2 aromatic heterocycles. The largest absolute Gasteiger partial charge is 0.490 e. The molecule has 28 heavy (non-hydrogen) atoms. The monoisotopic (exact) mass is 394 g/mol. The third-order valence-electron chi connectivity index (χ3n) is 5.10. The molecule has 0 spiro atoms. The number of benzene rings is 1. The fourth-order valence-electron chi connectivity index (χ4n) is 3.67. The van der Waals surface area contributed by atoms with Gasteiger partial charge < -0.3 is 14.2 Å². The highest BCUT2D eigenvalue weighted by Crippen LogP contribution is 2.31. The molecule has 0 atom stereocenters. The molecule has 6 nitrogen and oxygen atoms in total. The molecule has 1 aromatic carbocycles. The maximum absolute atomic E-state index is 12.7. The maximum atomic E-state index is 12.7. The van der Waals surface area contributed by atoms with Crippen molar-refractivity contribution in [2.45, 2.75) is 18.9 Å². The van der Waals surface area contributed by atoms with Crippen molar-refractivity contribution in [2.24, 2.45) is 7.05 Å². The second kappa shape index (κ2) is 7.53. The molecule has 1 saturated heterocycles. The third kappa shape index (κ3) is 3.30. The summed E-state index contributed by atoms with van der Waals surface area (Å²) in [4.78, 5) is 19.2. The Hall–Kier alpha value is -3.04. The number of para-hydroxylation sites is 1. The predicted octanol–water partition coefficient (Wildman–Crippen LogP) is 3.51. The lowest BCUT2D eigenvalue weighted by atomic mass is 10.0. The van der Waals surface area contributed by atoms with Crippen molar-refractivity contribution in [3.63, 3.8) is 0 Å². The zero-order valence-corrected chi connectivity index (χ0v) is 16.2. The second-order valence-electron chi connectivity index (χ2n) is 6.82. The van der Waals surface area contributed by atoms with Gasteiger partial charge in [-0.2, -0.15) is 5.26 Å². The van der Waals surface area contributed by atoms with Crippen molar-refractivity contribution in [2.75, 3.05) is 18.0 Å². The van der Waals surface area contributed by atoms with E-state index < -0.39 is 0 Å². The lowest BCUT2D eigenvalue weighted by molar-refractivity contribution is 0.171. The van der Waals surface area contributed by atoms with Crippen molar-refractivity contribution < 1.29 is 4.74 Å². The maximum Gasteiger partial charge on any atom is 0.270 e. The Morgan fingerprint density at radius 1 is 1.18 bits per heavy atom. The van der Waals surface area contributed by atoms with Gasteiger partial charge in [-0.15, -0.1) is 0 Å². The summed E-state index contributed by atoms with van der Waals surface area (Å²) in [7, 11) is 1.64. The van der Waals surface area contributed by atoms with Crippen LogP contribution in [0.4, 0.5) is 5.69 Å². The highest BCUT2D eigenvalue weighted by molar-refractivity contribution is 6.29. The van der Waals surface area contributed by atoms with Gasteiger partial charge in [-0.25, -0.2) is 4.98 Å². The topological polar surface area (TPSA) is 71.2 Å². The first-order chi connectivity index (χ1) is 13.6. The van der Waals surface area contributed by atoms with E-state index >= 15 is 0 Å². The van der Waals surface area contributed by atoms with E-state index in [2.05, 4.69) is 16.0 Å². The van der Waals surface area contributed by atoms with E-state index in [1.165, 1.54) is 4.57 Å². The van der Waals surface area contributed by atoms with Crippen LogP contribution < -0.4 is 15.2 Å². The van der Waals surface area contributed by atoms with E-state index in [9.17, 15) is 10.1 Å². The minimum absolute atomic E-state index is 0.0959.